The Labute approximate surface area is 109 Å². The minimum absolute atomic E-state index is 0.00965. The second-order valence-electron chi connectivity index (χ2n) is 5.72. The number of carbonyl (C=O) groups is 1. The molecule has 104 valence electrons. The van der Waals surface area contributed by atoms with Crippen molar-refractivity contribution in [2.45, 2.75) is 26.7 Å². The molecule has 0 heterocycles. The highest BCUT2D eigenvalue weighted by Gasteiger charge is 2.51. The monoisotopic (exact) mass is 256 g/mol. The molecule has 0 saturated heterocycles. The third-order valence-electron chi connectivity index (χ3n) is 4.91. The SMILES string of the molecule is CC1C2CC(C(=O)OCCOCCO)C(C2)C1C. The Balaban J connectivity index is 1.71. The molecule has 4 heteroatoms. The van der Waals surface area contributed by atoms with E-state index in [1.165, 1.54) is 6.42 Å². The lowest BCUT2D eigenvalue weighted by Crippen LogP contribution is -2.31. The summed E-state index contributed by atoms with van der Waals surface area (Å²) in [6.07, 6.45) is 2.20. The Morgan fingerprint density at radius 3 is 2.56 bits per heavy atom. The van der Waals surface area contributed by atoms with Crippen molar-refractivity contribution in [2.75, 3.05) is 26.4 Å². The maximum absolute atomic E-state index is 12.0. The number of aliphatic hydroxyl groups is 1. The number of hydrogen-bond acceptors (Lipinski definition) is 4. The van der Waals surface area contributed by atoms with E-state index >= 15 is 0 Å². The first-order valence-corrected chi connectivity index (χ1v) is 7.00. The lowest BCUT2D eigenvalue weighted by atomic mass is 9.76. The third kappa shape index (κ3) is 2.69. The Kier molecular flexibility index (Phi) is 4.62. The van der Waals surface area contributed by atoms with Crippen LogP contribution in [0, 0.1) is 29.6 Å². The highest BCUT2D eigenvalue weighted by molar-refractivity contribution is 5.73. The lowest BCUT2D eigenvalue weighted by molar-refractivity contribution is -0.153. The molecule has 2 saturated carbocycles. The van der Waals surface area contributed by atoms with E-state index in [9.17, 15) is 4.79 Å². The molecule has 0 aromatic heterocycles. The van der Waals surface area contributed by atoms with Crippen LogP contribution in [0.25, 0.3) is 0 Å². The van der Waals surface area contributed by atoms with Gasteiger partial charge in [0.2, 0.25) is 0 Å². The predicted octanol–water partition coefficient (Wildman–Crippen LogP) is 1.47. The summed E-state index contributed by atoms with van der Waals surface area (Å²) in [5.41, 5.74) is 0. The smallest absolute Gasteiger partial charge is 0.309 e. The normalized spacial score (nSPS) is 38.1. The second-order valence-corrected chi connectivity index (χ2v) is 5.72. The van der Waals surface area contributed by atoms with Gasteiger partial charge in [0.05, 0.1) is 25.7 Å². The molecule has 2 aliphatic carbocycles. The zero-order valence-corrected chi connectivity index (χ0v) is 11.3. The van der Waals surface area contributed by atoms with Crippen molar-refractivity contribution >= 4 is 5.97 Å². The fourth-order valence-electron chi connectivity index (χ4n) is 3.69. The predicted molar refractivity (Wildman–Crippen MR) is 66.9 cm³/mol. The first-order valence-electron chi connectivity index (χ1n) is 7.00. The average Bonchev–Trinajstić information content (AvgIpc) is 2.90. The van der Waals surface area contributed by atoms with E-state index in [4.69, 9.17) is 14.6 Å². The van der Waals surface area contributed by atoms with Crippen LogP contribution in [0.3, 0.4) is 0 Å². The minimum Gasteiger partial charge on any atom is -0.463 e. The number of hydrogen-bond donors (Lipinski definition) is 1. The highest BCUT2D eigenvalue weighted by atomic mass is 16.6. The maximum atomic E-state index is 12.0. The summed E-state index contributed by atoms with van der Waals surface area (Å²) in [4.78, 5) is 12.0. The summed E-state index contributed by atoms with van der Waals surface area (Å²) in [5.74, 6) is 2.70. The molecule has 0 radical (unpaired) electrons. The number of ether oxygens (including phenoxy) is 2. The first-order chi connectivity index (χ1) is 8.65. The van der Waals surface area contributed by atoms with Gasteiger partial charge in [-0.05, 0) is 36.5 Å². The van der Waals surface area contributed by atoms with Gasteiger partial charge in [-0.1, -0.05) is 13.8 Å². The standard InChI is InChI=1S/C14H24O4/c1-9-10(2)12-7-11(9)8-13(12)14(16)18-6-5-17-4-3-15/h9-13,15H,3-8H2,1-2H3. The van der Waals surface area contributed by atoms with Gasteiger partial charge in [0.15, 0.2) is 0 Å². The van der Waals surface area contributed by atoms with Crippen molar-refractivity contribution in [3.63, 3.8) is 0 Å². The molecule has 2 rings (SSSR count). The molecule has 0 aromatic carbocycles. The summed E-state index contributed by atoms with van der Waals surface area (Å²) in [6.45, 7) is 5.56. The van der Waals surface area contributed by atoms with Gasteiger partial charge < -0.3 is 14.6 Å². The molecule has 4 nitrogen and oxygen atoms in total. The van der Waals surface area contributed by atoms with Crippen LogP contribution >= 0.6 is 0 Å². The van der Waals surface area contributed by atoms with E-state index in [1.54, 1.807) is 0 Å². The van der Waals surface area contributed by atoms with Crippen molar-refractivity contribution < 1.29 is 19.4 Å². The van der Waals surface area contributed by atoms with Crippen molar-refractivity contribution in [1.29, 1.82) is 0 Å². The van der Waals surface area contributed by atoms with Crippen LogP contribution < -0.4 is 0 Å². The summed E-state index contributed by atoms with van der Waals surface area (Å²) >= 11 is 0. The highest BCUT2D eigenvalue weighted by Crippen LogP contribution is 2.55. The number of esters is 1. The van der Waals surface area contributed by atoms with E-state index in [1.807, 2.05) is 0 Å². The van der Waals surface area contributed by atoms with Crippen LogP contribution in [0.1, 0.15) is 26.7 Å². The van der Waals surface area contributed by atoms with Gasteiger partial charge in [0.1, 0.15) is 6.61 Å². The van der Waals surface area contributed by atoms with E-state index in [0.29, 0.717) is 37.6 Å². The maximum Gasteiger partial charge on any atom is 0.309 e. The van der Waals surface area contributed by atoms with Crippen LogP contribution in [0.15, 0.2) is 0 Å². The number of rotatable bonds is 6. The number of aliphatic hydroxyl groups excluding tert-OH is 1. The van der Waals surface area contributed by atoms with Crippen molar-refractivity contribution in [3.05, 3.63) is 0 Å². The molecule has 0 amide bonds. The fraction of sp³-hybridized carbons (Fsp3) is 0.929. The summed E-state index contributed by atoms with van der Waals surface area (Å²) < 4.78 is 10.3. The van der Waals surface area contributed by atoms with Gasteiger partial charge in [-0.2, -0.15) is 0 Å². The van der Waals surface area contributed by atoms with E-state index in [-0.39, 0.29) is 18.5 Å². The molecular formula is C14H24O4. The zero-order valence-electron chi connectivity index (χ0n) is 11.3. The third-order valence-corrected chi connectivity index (χ3v) is 4.91. The largest absolute Gasteiger partial charge is 0.463 e. The van der Waals surface area contributed by atoms with Crippen LogP contribution in [-0.2, 0) is 14.3 Å². The van der Waals surface area contributed by atoms with Gasteiger partial charge >= 0.3 is 5.97 Å². The molecule has 2 fully saturated rings. The Bertz CT molecular complexity index is 290. The molecule has 2 aliphatic rings. The van der Waals surface area contributed by atoms with Crippen LogP contribution in [-0.4, -0.2) is 37.5 Å². The quantitative estimate of drug-likeness (QED) is 0.577. The summed E-state index contributed by atoms with van der Waals surface area (Å²) in [7, 11) is 0. The lowest BCUT2D eigenvalue weighted by Gasteiger charge is -2.30. The first kappa shape index (κ1) is 13.8. The molecule has 1 N–H and O–H groups in total. The Hall–Kier alpha value is -0.610. The zero-order chi connectivity index (χ0) is 13.1. The van der Waals surface area contributed by atoms with Gasteiger partial charge in [-0.3, -0.25) is 4.79 Å². The van der Waals surface area contributed by atoms with Crippen molar-refractivity contribution in [3.8, 4) is 0 Å². The van der Waals surface area contributed by atoms with Crippen molar-refractivity contribution in [1.82, 2.24) is 0 Å². The van der Waals surface area contributed by atoms with Gasteiger partial charge in [-0.25, -0.2) is 0 Å². The minimum atomic E-state index is -0.0474. The van der Waals surface area contributed by atoms with Gasteiger partial charge in [-0.15, -0.1) is 0 Å². The van der Waals surface area contributed by atoms with Gasteiger partial charge in [0, 0.05) is 0 Å². The fourth-order valence-corrected chi connectivity index (χ4v) is 3.69. The molecule has 2 bridgehead atoms. The summed E-state index contributed by atoms with van der Waals surface area (Å²) in [6, 6.07) is 0. The second kappa shape index (κ2) is 6.02. The molecule has 18 heavy (non-hydrogen) atoms. The molecule has 0 spiro atoms. The average molecular weight is 256 g/mol. The Morgan fingerprint density at radius 1 is 1.17 bits per heavy atom. The van der Waals surface area contributed by atoms with Crippen molar-refractivity contribution in [2.24, 2.45) is 29.6 Å². The topological polar surface area (TPSA) is 55.8 Å². The number of carbonyl (C=O) groups excluding carboxylic acids is 1. The summed E-state index contributed by atoms with van der Waals surface area (Å²) in [5, 5.41) is 8.54. The van der Waals surface area contributed by atoms with Crippen LogP contribution in [0.2, 0.25) is 0 Å². The number of fused-ring (bicyclic) bond motifs is 2. The van der Waals surface area contributed by atoms with E-state index in [0.717, 1.165) is 12.3 Å². The van der Waals surface area contributed by atoms with E-state index in [2.05, 4.69) is 13.8 Å². The van der Waals surface area contributed by atoms with Crippen LogP contribution in [0.5, 0.6) is 0 Å². The molecule has 0 aromatic rings. The molecule has 0 aliphatic heterocycles. The van der Waals surface area contributed by atoms with Gasteiger partial charge in [0.25, 0.3) is 0 Å². The molecular weight excluding hydrogens is 232 g/mol. The van der Waals surface area contributed by atoms with Crippen LogP contribution in [0.4, 0.5) is 0 Å². The molecule has 5 atom stereocenters. The molecule has 5 unspecified atom stereocenters. The van der Waals surface area contributed by atoms with E-state index < -0.39 is 0 Å². The Morgan fingerprint density at radius 2 is 1.94 bits per heavy atom.